The van der Waals surface area contributed by atoms with Gasteiger partial charge in [-0.25, -0.2) is 0 Å². The van der Waals surface area contributed by atoms with Crippen LogP contribution in [0.1, 0.15) is 49.4 Å². The number of nitrogens with one attached hydrogen (secondary N) is 1. The highest BCUT2D eigenvalue weighted by Gasteiger charge is 2.10. The summed E-state index contributed by atoms with van der Waals surface area (Å²) in [5.74, 6) is 0.921. The molecule has 1 N–H and O–H groups in total. The Hall–Kier alpha value is -2.29. The van der Waals surface area contributed by atoms with E-state index < -0.39 is 0 Å². The van der Waals surface area contributed by atoms with Gasteiger partial charge in [0.05, 0.1) is 7.11 Å². The predicted molar refractivity (Wildman–Crippen MR) is 111 cm³/mol. The van der Waals surface area contributed by atoms with E-state index in [1.807, 2.05) is 26.0 Å². The molecule has 0 radical (unpaired) electrons. The van der Waals surface area contributed by atoms with Crippen molar-refractivity contribution in [2.75, 3.05) is 13.7 Å². The van der Waals surface area contributed by atoms with Crippen LogP contribution in [0.2, 0.25) is 0 Å². The maximum absolute atomic E-state index is 11.5. The first-order valence-corrected chi connectivity index (χ1v) is 9.23. The van der Waals surface area contributed by atoms with Gasteiger partial charge in [0.1, 0.15) is 5.75 Å². The number of allylic oxidation sites excluding steroid dienone is 5. The molecule has 0 aliphatic carbocycles. The van der Waals surface area contributed by atoms with E-state index in [4.69, 9.17) is 4.74 Å². The molecule has 0 saturated heterocycles. The lowest BCUT2D eigenvalue weighted by Crippen LogP contribution is -2.20. The number of hydrogen-bond donors (Lipinski definition) is 1. The maximum Gasteiger partial charge on any atom is 0.244 e. The molecule has 0 fully saturated rings. The van der Waals surface area contributed by atoms with Gasteiger partial charge in [-0.2, -0.15) is 0 Å². The zero-order chi connectivity index (χ0) is 19.7. The van der Waals surface area contributed by atoms with Gasteiger partial charge in [0.2, 0.25) is 5.91 Å². The van der Waals surface area contributed by atoms with E-state index >= 15 is 0 Å². The second-order valence-corrected chi connectivity index (χ2v) is 6.78. The number of carbonyl (C=O) groups is 1. The highest BCUT2D eigenvalue weighted by molar-refractivity contribution is 5.88. The molecule has 0 heterocycles. The van der Waals surface area contributed by atoms with Crippen LogP contribution in [0.5, 0.6) is 5.75 Å². The predicted octanol–water partition coefficient (Wildman–Crippen LogP) is 5.14. The van der Waals surface area contributed by atoms with E-state index in [0.717, 1.165) is 24.2 Å². The summed E-state index contributed by atoms with van der Waals surface area (Å²) >= 11 is 0. The molecule has 0 bridgehead atoms. The molecule has 26 heavy (non-hydrogen) atoms. The average molecular weight is 356 g/mol. The number of amides is 1. The maximum atomic E-state index is 11.5. The topological polar surface area (TPSA) is 38.3 Å². The Morgan fingerprint density at radius 3 is 2.50 bits per heavy atom. The first kappa shape index (κ1) is 21.8. The van der Waals surface area contributed by atoms with Gasteiger partial charge in [-0.3, -0.25) is 4.79 Å². The number of benzene rings is 1. The summed E-state index contributed by atoms with van der Waals surface area (Å²) in [6, 6.07) is 2.13. The SMILES string of the molecule is CCNC(=O)/C=C(C)/C=C/C=C(\C)CCc1c(C)cc(OC)c(C)c1C. The summed E-state index contributed by atoms with van der Waals surface area (Å²) in [7, 11) is 1.72. The molecule has 0 unspecified atom stereocenters. The van der Waals surface area contributed by atoms with Crippen molar-refractivity contribution < 1.29 is 9.53 Å². The minimum atomic E-state index is -0.0452. The van der Waals surface area contributed by atoms with E-state index in [-0.39, 0.29) is 5.91 Å². The van der Waals surface area contributed by atoms with Crippen molar-refractivity contribution in [2.45, 2.75) is 54.4 Å². The van der Waals surface area contributed by atoms with Crippen molar-refractivity contribution >= 4 is 5.91 Å². The molecule has 1 aromatic rings. The third-order valence-electron chi connectivity index (χ3n) is 4.65. The third-order valence-corrected chi connectivity index (χ3v) is 4.65. The quantitative estimate of drug-likeness (QED) is 0.518. The molecule has 1 rings (SSSR count). The number of rotatable bonds is 8. The number of hydrogen-bond acceptors (Lipinski definition) is 2. The average Bonchev–Trinajstić information content (AvgIpc) is 2.58. The zero-order valence-corrected chi connectivity index (χ0v) is 17.3. The Bertz CT molecular complexity index is 724. The molecule has 0 atom stereocenters. The Balaban J connectivity index is 2.74. The number of carbonyl (C=O) groups excluding carboxylic acids is 1. The van der Waals surface area contributed by atoms with Crippen LogP contribution in [0.4, 0.5) is 0 Å². The first-order chi connectivity index (χ1) is 12.3. The van der Waals surface area contributed by atoms with Crippen molar-refractivity contribution in [3.05, 3.63) is 63.8 Å². The van der Waals surface area contributed by atoms with Crippen LogP contribution in [-0.2, 0) is 11.2 Å². The van der Waals surface area contributed by atoms with Gasteiger partial charge in [-0.15, -0.1) is 0 Å². The van der Waals surface area contributed by atoms with E-state index in [0.29, 0.717) is 6.54 Å². The lowest BCUT2D eigenvalue weighted by Gasteiger charge is -2.16. The molecular formula is C23H33NO2. The van der Waals surface area contributed by atoms with Crippen molar-refractivity contribution in [2.24, 2.45) is 0 Å². The molecule has 3 heteroatoms. The largest absolute Gasteiger partial charge is 0.496 e. The minimum Gasteiger partial charge on any atom is -0.496 e. The Morgan fingerprint density at radius 1 is 1.19 bits per heavy atom. The van der Waals surface area contributed by atoms with Gasteiger partial charge >= 0.3 is 0 Å². The molecular weight excluding hydrogens is 322 g/mol. The van der Waals surface area contributed by atoms with Crippen LogP contribution in [0.25, 0.3) is 0 Å². The van der Waals surface area contributed by atoms with Crippen LogP contribution < -0.4 is 10.1 Å². The standard InChI is InChI=1S/C23H33NO2/c1-8-24-23(25)14-17(3)11-9-10-16(2)12-13-21-18(4)15-22(26-7)20(6)19(21)5/h9-11,14-15H,8,12-13H2,1-7H3,(H,24,25)/b11-9+,16-10+,17-14+. The molecule has 0 aliphatic heterocycles. The second kappa shape index (κ2) is 10.6. The highest BCUT2D eigenvalue weighted by atomic mass is 16.5. The van der Waals surface area contributed by atoms with Gasteiger partial charge in [-0.05, 0) is 88.3 Å². The lowest BCUT2D eigenvalue weighted by atomic mass is 9.93. The number of likely N-dealkylation sites (N-methyl/N-ethyl adjacent to an activating group) is 1. The Labute approximate surface area is 158 Å². The van der Waals surface area contributed by atoms with Crippen molar-refractivity contribution in [3.63, 3.8) is 0 Å². The van der Waals surface area contributed by atoms with Gasteiger partial charge in [-0.1, -0.05) is 23.8 Å². The second-order valence-electron chi connectivity index (χ2n) is 6.78. The van der Waals surface area contributed by atoms with Crippen LogP contribution >= 0.6 is 0 Å². The number of ether oxygens (including phenoxy) is 1. The highest BCUT2D eigenvalue weighted by Crippen LogP contribution is 2.28. The van der Waals surface area contributed by atoms with Gasteiger partial charge in [0.15, 0.2) is 0 Å². The zero-order valence-electron chi connectivity index (χ0n) is 17.3. The van der Waals surface area contributed by atoms with Gasteiger partial charge < -0.3 is 10.1 Å². The van der Waals surface area contributed by atoms with E-state index in [2.05, 4.69) is 45.2 Å². The van der Waals surface area contributed by atoms with Crippen LogP contribution in [0.15, 0.2) is 41.5 Å². The summed E-state index contributed by atoms with van der Waals surface area (Å²) < 4.78 is 5.45. The summed E-state index contributed by atoms with van der Waals surface area (Å²) in [6.07, 6.45) is 9.75. The van der Waals surface area contributed by atoms with Gasteiger partial charge in [0, 0.05) is 12.6 Å². The van der Waals surface area contributed by atoms with Crippen molar-refractivity contribution in [3.8, 4) is 5.75 Å². The van der Waals surface area contributed by atoms with Crippen LogP contribution in [-0.4, -0.2) is 19.6 Å². The molecule has 0 aromatic heterocycles. The fourth-order valence-corrected chi connectivity index (χ4v) is 2.95. The molecule has 1 aromatic carbocycles. The smallest absolute Gasteiger partial charge is 0.244 e. The summed E-state index contributed by atoms with van der Waals surface area (Å²) in [5, 5.41) is 2.76. The Kier molecular flexibility index (Phi) is 8.91. The normalized spacial score (nSPS) is 12.6. The monoisotopic (exact) mass is 355 g/mol. The van der Waals surface area contributed by atoms with Crippen molar-refractivity contribution in [1.29, 1.82) is 0 Å². The fourth-order valence-electron chi connectivity index (χ4n) is 2.95. The molecule has 3 nitrogen and oxygen atoms in total. The third kappa shape index (κ3) is 6.55. The van der Waals surface area contributed by atoms with E-state index in [9.17, 15) is 4.79 Å². The molecule has 0 aliphatic rings. The lowest BCUT2D eigenvalue weighted by molar-refractivity contribution is -0.116. The molecule has 142 valence electrons. The van der Waals surface area contributed by atoms with Crippen LogP contribution in [0, 0.1) is 20.8 Å². The van der Waals surface area contributed by atoms with E-state index in [1.54, 1.807) is 13.2 Å². The molecule has 0 spiro atoms. The minimum absolute atomic E-state index is 0.0452. The number of methoxy groups -OCH3 is 1. The molecule has 1 amide bonds. The van der Waals surface area contributed by atoms with Crippen LogP contribution in [0.3, 0.4) is 0 Å². The van der Waals surface area contributed by atoms with Gasteiger partial charge in [0.25, 0.3) is 0 Å². The Morgan fingerprint density at radius 2 is 1.88 bits per heavy atom. The summed E-state index contributed by atoms with van der Waals surface area (Å²) in [5.41, 5.74) is 7.50. The fraction of sp³-hybridized carbons (Fsp3) is 0.435. The summed E-state index contributed by atoms with van der Waals surface area (Å²) in [6.45, 7) is 13.1. The van der Waals surface area contributed by atoms with Crippen molar-refractivity contribution in [1.82, 2.24) is 5.32 Å². The number of aryl methyl sites for hydroxylation is 1. The summed E-state index contributed by atoms with van der Waals surface area (Å²) in [4.78, 5) is 11.5. The molecule has 0 saturated carbocycles. The first-order valence-electron chi connectivity index (χ1n) is 9.23. The van der Waals surface area contributed by atoms with E-state index in [1.165, 1.54) is 27.8 Å².